The number of aliphatic hydroxyl groups is 1. The van der Waals surface area contributed by atoms with Crippen LogP contribution in [0.1, 0.15) is 117 Å². The van der Waals surface area contributed by atoms with Crippen LogP contribution in [0.15, 0.2) is 60.8 Å². The van der Waals surface area contributed by atoms with Crippen LogP contribution in [-0.2, 0) is 18.4 Å². The highest BCUT2D eigenvalue weighted by molar-refractivity contribution is 7.47. The van der Waals surface area contributed by atoms with Gasteiger partial charge in [0.15, 0.2) is 0 Å². The third-order valence-electron chi connectivity index (χ3n) is 7.24. The van der Waals surface area contributed by atoms with E-state index < -0.39 is 20.0 Å². The summed E-state index contributed by atoms with van der Waals surface area (Å²) in [5, 5.41) is 13.5. The predicted molar refractivity (Wildman–Crippen MR) is 193 cm³/mol. The van der Waals surface area contributed by atoms with Crippen LogP contribution in [0.4, 0.5) is 0 Å². The lowest BCUT2D eigenvalue weighted by molar-refractivity contribution is -0.870. The molecule has 0 aliphatic carbocycles. The van der Waals surface area contributed by atoms with Gasteiger partial charge in [-0.1, -0.05) is 113 Å². The monoisotopic (exact) mass is 667 g/mol. The highest BCUT2D eigenvalue weighted by Gasteiger charge is 2.27. The van der Waals surface area contributed by atoms with Crippen LogP contribution in [0.3, 0.4) is 0 Å². The van der Waals surface area contributed by atoms with Gasteiger partial charge in [-0.05, 0) is 57.8 Å². The van der Waals surface area contributed by atoms with Crippen molar-refractivity contribution < 1.29 is 32.9 Å². The molecule has 9 heteroatoms. The number of carbonyl (C=O) groups is 1. The standard InChI is InChI=1S/C37H67N2O6P/c1-6-8-10-12-13-14-15-16-17-18-19-20-21-22-23-24-25-27-29-31-37(41)38-35(36(40)30-28-26-11-9-7-2)34-45-46(42,43)44-33-32-39(3,4)5/h8,10,13-14,16-17,19-20,28,30,35-36,40H,6-7,9,11-12,15,18,21-27,29,31-34H2,1-5H3,(H-,38,41,42,43)/p+1/b10-8-,14-13-,17-16-,20-19-,30-28+. The van der Waals surface area contributed by atoms with E-state index in [1.807, 2.05) is 27.2 Å². The van der Waals surface area contributed by atoms with Gasteiger partial charge in [0.25, 0.3) is 0 Å². The molecule has 0 aromatic carbocycles. The Morgan fingerprint density at radius 3 is 1.91 bits per heavy atom. The highest BCUT2D eigenvalue weighted by Crippen LogP contribution is 2.43. The summed E-state index contributed by atoms with van der Waals surface area (Å²) in [5.41, 5.74) is 0. The van der Waals surface area contributed by atoms with Crippen molar-refractivity contribution in [1.29, 1.82) is 0 Å². The first-order valence-electron chi connectivity index (χ1n) is 17.7. The normalized spacial score (nSPS) is 15.5. The molecule has 0 fully saturated rings. The molecule has 3 N–H and O–H groups in total. The van der Waals surface area contributed by atoms with Gasteiger partial charge in [-0.2, -0.15) is 0 Å². The molecule has 0 heterocycles. The molecule has 0 spiro atoms. The minimum absolute atomic E-state index is 0.0542. The number of allylic oxidation sites excluding steroid dienone is 9. The van der Waals surface area contributed by atoms with Crippen molar-refractivity contribution in [3.63, 3.8) is 0 Å². The van der Waals surface area contributed by atoms with E-state index in [4.69, 9.17) is 9.05 Å². The lowest BCUT2D eigenvalue weighted by Crippen LogP contribution is -2.45. The molecule has 8 nitrogen and oxygen atoms in total. The second kappa shape index (κ2) is 29.3. The van der Waals surface area contributed by atoms with Crippen LogP contribution in [-0.4, -0.2) is 73.4 Å². The van der Waals surface area contributed by atoms with Gasteiger partial charge < -0.3 is 19.8 Å². The summed E-state index contributed by atoms with van der Waals surface area (Å²) in [6, 6.07) is -0.851. The Hall–Kier alpha value is -1.80. The van der Waals surface area contributed by atoms with Gasteiger partial charge in [-0.3, -0.25) is 13.8 Å². The molecule has 0 aliphatic heterocycles. The average molecular weight is 668 g/mol. The summed E-state index contributed by atoms with van der Waals surface area (Å²) >= 11 is 0. The number of phosphoric ester groups is 1. The van der Waals surface area contributed by atoms with Gasteiger partial charge in [0.05, 0.1) is 39.9 Å². The van der Waals surface area contributed by atoms with Crippen LogP contribution in [0.25, 0.3) is 0 Å². The van der Waals surface area contributed by atoms with Crippen LogP contribution >= 0.6 is 7.82 Å². The van der Waals surface area contributed by atoms with Gasteiger partial charge in [0.1, 0.15) is 13.2 Å². The molecule has 0 saturated heterocycles. The minimum atomic E-state index is -4.32. The van der Waals surface area contributed by atoms with Crippen LogP contribution in [0.2, 0.25) is 0 Å². The number of quaternary nitrogens is 1. The molecular formula is C37H68N2O6P+. The fraction of sp³-hybridized carbons (Fsp3) is 0.703. The number of hydrogen-bond donors (Lipinski definition) is 3. The van der Waals surface area contributed by atoms with E-state index in [1.54, 1.807) is 6.08 Å². The van der Waals surface area contributed by atoms with E-state index >= 15 is 0 Å². The Balaban J connectivity index is 4.33. The molecule has 3 unspecified atom stereocenters. The molecule has 46 heavy (non-hydrogen) atoms. The third kappa shape index (κ3) is 30.8. The molecule has 1 amide bonds. The molecule has 0 saturated carbocycles. The van der Waals surface area contributed by atoms with Crippen molar-refractivity contribution in [1.82, 2.24) is 5.32 Å². The van der Waals surface area contributed by atoms with Crippen LogP contribution in [0.5, 0.6) is 0 Å². The Labute approximate surface area is 281 Å². The first-order valence-corrected chi connectivity index (χ1v) is 19.2. The fourth-order valence-electron chi connectivity index (χ4n) is 4.38. The number of hydrogen-bond acceptors (Lipinski definition) is 5. The van der Waals surface area contributed by atoms with E-state index in [9.17, 15) is 19.4 Å². The number of unbranched alkanes of at least 4 members (excludes halogenated alkanes) is 9. The van der Waals surface area contributed by atoms with Crippen molar-refractivity contribution in [3.8, 4) is 0 Å². The third-order valence-corrected chi connectivity index (χ3v) is 8.23. The van der Waals surface area contributed by atoms with Crippen molar-refractivity contribution in [3.05, 3.63) is 60.8 Å². The van der Waals surface area contributed by atoms with Crippen LogP contribution < -0.4 is 5.32 Å². The molecule has 3 atom stereocenters. The first kappa shape index (κ1) is 44.2. The van der Waals surface area contributed by atoms with Gasteiger partial charge in [0.2, 0.25) is 5.91 Å². The smallest absolute Gasteiger partial charge is 0.387 e. The Morgan fingerprint density at radius 1 is 0.761 bits per heavy atom. The molecular weight excluding hydrogens is 599 g/mol. The van der Waals surface area contributed by atoms with Gasteiger partial charge in [0, 0.05) is 6.42 Å². The second-order valence-corrected chi connectivity index (χ2v) is 14.3. The quantitative estimate of drug-likeness (QED) is 0.0306. The van der Waals surface area contributed by atoms with Crippen molar-refractivity contribution in [2.45, 2.75) is 129 Å². The van der Waals surface area contributed by atoms with Crippen LogP contribution in [0, 0.1) is 0 Å². The van der Waals surface area contributed by atoms with Gasteiger partial charge in [-0.25, -0.2) is 4.57 Å². The maximum atomic E-state index is 12.7. The zero-order valence-corrected chi connectivity index (χ0v) is 30.7. The summed E-state index contributed by atoms with van der Waals surface area (Å²) in [6.45, 7) is 4.53. The number of aliphatic hydroxyl groups excluding tert-OH is 1. The zero-order chi connectivity index (χ0) is 34.4. The lowest BCUT2D eigenvalue weighted by Gasteiger charge is -2.25. The van der Waals surface area contributed by atoms with E-state index in [0.717, 1.165) is 83.5 Å². The first-order chi connectivity index (χ1) is 22.0. The minimum Gasteiger partial charge on any atom is -0.387 e. The predicted octanol–water partition coefficient (Wildman–Crippen LogP) is 8.73. The number of phosphoric acid groups is 1. The Kier molecular flexibility index (Phi) is 28.2. The lowest BCUT2D eigenvalue weighted by atomic mass is 10.1. The molecule has 266 valence electrons. The highest BCUT2D eigenvalue weighted by atomic mass is 31.2. The van der Waals surface area contributed by atoms with Gasteiger partial charge >= 0.3 is 7.82 Å². The number of nitrogens with zero attached hydrogens (tertiary/aromatic N) is 1. The number of rotatable bonds is 30. The maximum absolute atomic E-state index is 12.7. The maximum Gasteiger partial charge on any atom is 0.472 e. The topological polar surface area (TPSA) is 105 Å². The van der Waals surface area contributed by atoms with E-state index in [2.05, 4.69) is 67.8 Å². The van der Waals surface area contributed by atoms with E-state index in [0.29, 0.717) is 17.4 Å². The average Bonchev–Trinajstić information content (AvgIpc) is 2.99. The molecule has 0 bridgehead atoms. The molecule has 0 radical (unpaired) electrons. The number of likely N-dealkylation sites (N-methyl/N-ethyl adjacent to an activating group) is 1. The molecule has 0 aliphatic rings. The summed E-state index contributed by atoms with van der Waals surface area (Å²) < 4.78 is 23.2. The van der Waals surface area contributed by atoms with E-state index in [1.165, 1.54) is 12.8 Å². The number of amides is 1. The fourth-order valence-corrected chi connectivity index (χ4v) is 5.12. The van der Waals surface area contributed by atoms with E-state index in [-0.39, 0.29) is 19.1 Å². The summed E-state index contributed by atoms with van der Waals surface area (Å²) in [4.78, 5) is 22.8. The summed E-state index contributed by atoms with van der Waals surface area (Å²) in [5.74, 6) is -0.204. The summed E-state index contributed by atoms with van der Waals surface area (Å²) in [6.07, 6.45) is 36.1. The molecule has 0 aromatic rings. The van der Waals surface area contributed by atoms with Crippen molar-refractivity contribution in [2.75, 3.05) is 40.9 Å². The Bertz CT molecular complexity index is 939. The molecule has 0 rings (SSSR count). The number of carbonyl (C=O) groups excluding carboxylic acids is 1. The Morgan fingerprint density at radius 2 is 1.30 bits per heavy atom. The van der Waals surface area contributed by atoms with Gasteiger partial charge in [-0.15, -0.1) is 0 Å². The van der Waals surface area contributed by atoms with Crippen molar-refractivity contribution in [2.24, 2.45) is 0 Å². The zero-order valence-electron chi connectivity index (χ0n) is 29.8. The second-order valence-electron chi connectivity index (χ2n) is 12.9. The summed E-state index contributed by atoms with van der Waals surface area (Å²) in [7, 11) is 1.54. The van der Waals surface area contributed by atoms with Crippen molar-refractivity contribution >= 4 is 13.7 Å². The SMILES string of the molecule is CC/C=C\C/C=C\C/C=C\C/C=C\CCCCCCCCC(=O)NC(COP(=O)(O)OCC[N+](C)(C)C)C(O)/C=C/CCCCC. The number of nitrogens with one attached hydrogen (secondary N) is 1. The molecule has 0 aromatic heterocycles. The largest absolute Gasteiger partial charge is 0.472 e.